The fourth-order valence-electron chi connectivity index (χ4n) is 4.84. The molecule has 1 aliphatic rings. The maximum atomic E-state index is 13.9. The highest BCUT2D eigenvalue weighted by Crippen LogP contribution is 2.38. The van der Waals surface area contributed by atoms with E-state index in [1.54, 1.807) is 24.3 Å². The van der Waals surface area contributed by atoms with Crippen molar-refractivity contribution in [1.29, 1.82) is 0 Å². The number of hydrogen-bond acceptors (Lipinski definition) is 10. The van der Waals surface area contributed by atoms with Gasteiger partial charge >= 0.3 is 11.7 Å². The second-order valence-corrected chi connectivity index (χ2v) is 11.6. The number of fused-ring (bicyclic) bond motifs is 1. The maximum absolute atomic E-state index is 13.9. The van der Waals surface area contributed by atoms with E-state index in [-0.39, 0.29) is 32.6 Å². The van der Waals surface area contributed by atoms with Crippen molar-refractivity contribution < 1.29 is 33.1 Å². The van der Waals surface area contributed by atoms with E-state index in [1.165, 1.54) is 54.3 Å². The van der Waals surface area contributed by atoms with Crippen LogP contribution < -0.4 is 29.1 Å². The molecule has 3 aromatic carbocycles. The van der Waals surface area contributed by atoms with Crippen LogP contribution in [0.3, 0.4) is 0 Å². The number of aromatic nitrogens is 1. The molecule has 0 saturated carbocycles. The minimum Gasteiger partial charge on any atom is -0.490 e. The maximum Gasteiger partial charge on any atom is 0.337 e. The van der Waals surface area contributed by atoms with Gasteiger partial charge in [-0.25, -0.2) is 14.2 Å². The number of rotatable bonds is 11. The SMILES string of the molecule is CCOc1ccc([C@@H]2C(C(=O)OC)=CN=c3s/c(=C/c4cc(Br)c(OCc5ccc(F)cc5)c([N+](=O)[O-])c4)c(=O)n32)cc1OCC. The first-order valence-corrected chi connectivity index (χ1v) is 15.6. The Kier molecular flexibility index (Phi) is 9.97. The van der Waals surface area contributed by atoms with Crippen LogP contribution in [-0.2, 0) is 16.1 Å². The molecule has 0 radical (unpaired) electrons. The second kappa shape index (κ2) is 14.1. The first kappa shape index (κ1) is 32.6. The average molecular weight is 713 g/mol. The van der Waals surface area contributed by atoms with Gasteiger partial charge in [0, 0.05) is 12.3 Å². The Labute approximate surface area is 274 Å². The summed E-state index contributed by atoms with van der Waals surface area (Å²) in [5.41, 5.74) is 0.863. The summed E-state index contributed by atoms with van der Waals surface area (Å²) in [7, 11) is 1.24. The third-order valence-electron chi connectivity index (χ3n) is 6.85. The number of ether oxygens (including phenoxy) is 4. The molecule has 1 aliphatic heterocycles. The smallest absolute Gasteiger partial charge is 0.337 e. The molecule has 2 heterocycles. The van der Waals surface area contributed by atoms with Gasteiger partial charge < -0.3 is 18.9 Å². The van der Waals surface area contributed by atoms with Crippen LogP contribution in [0.1, 0.15) is 36.6 Å². The monoisotopic (exact) mass is 711 g/mol. The zero-order valence-corrected chi connectivity index (χ0v) is 27.2. The Bertz CT molecular complexity index is 2020. The molecule has 0 unspecified atom stereocenters. The molecule has 238 valence electrons. The van der Waals surface area contributed by atoms with E-state index in [0.717, 1.165) is 11.3 Å². The van der Waals surface area contributed by atoms with Crippen molar-refractivity contribution in [1.82, 2.24) is 4.57 Å². The number of nitro benzene ring substituents is 1. The van der Waals surface area contributed by atoms with E-state index in [2.05, 4.69) is 20.9 Å². The van der Waals surface area contributed by atoms with Crippen molar-refractivity contribution in [2.75, 3.05) is 20.3 Å². The van der Waals surface area contributed by atoms with Gasteiger partial charge in [0.05, 0.1) is 45.9 Å². The minimum absolute atomic E-state index is 0.0174. The van der Waals surface area contributed by atoms with E-state index in [1.807, 2.05) is 13.8 Å². The van der Waals surface area contributed by atoms with Crippen LogP contribution in [0, 0.1) is 15.9 Å². The minimum atomic E-state index is -0.899. The molecule has 0 fully saturated rings. The summed E-state index contributed by atoms with van der Waals surface area (Å²) < 4.78 is 37.4. The van der Waals surface area contributed by atoms with Crippen molar-refractivity contribution in [3.8, 4) is 17.2 Å². The number of esters is 1. The average Bonchev–Trinajstić information content (AvgIpc) is 3.35. The first-order chi connectivity index (χ1) is 22.1. The molecule has 1 atom stereocenters. The summed E-state index contributed by atoms with van der Waals surface area (Å²) in [5, 5.41) is 12.0. The van der Waals surface area contributed by atoms with Crippen LogP contribution in [0.4, 0.5) is 10.1 Å². The Morgan fingerprint density at radius 1 is 1.09 bits per heavy atom. The fraction of sp³-hybridized carbons (Fsp3) is 0.219. The summed E-state index contributed by atoms with van der Waals surface area (Å²) in [6.07, 6.45) is 2.88. The van der Waals surface area contributed by atoms with Crippen molar-refractivity contribution in [3.05, 3.63) is 123 Å². The Morgan fingerprint density at radius 2 is 1.80 bits per heavy atom. The largest absolute Gasteiger partial charge is 0.490 e. The van der Waals surface area contributed by atoms with Crippen molar-refractivity contribution in [2.24, 2.45) is 4.99 Å². The van der Waals surface area contributed by atoms with Gasteiger partial charge in [0.1, 0.15) is 12.4 Å². The Hall–Kier alpha value is -4.82. The zero-order valence-electron chi connectivity index (χ0n) is 24.8. The van der Waals surface area contributed by atoms with Gasteiger partial charge in [0.25, 0.3) is 5.56 Å². The molecule has 11 nitrogen and oxygen atoms in total. The van der Waals surface area contributed by atoms with E-state index in [9.17, 15) is 24.1 Å². The topological polar surface area (TPSA) is 131 Å². The van der Waals surface area contributed by atoms with Crippen LogP contribution in [0.15, 0.2) is 80.6 Å². The zero-order chi connectivity index (χ0) is 33.0. The predicted molar refractivity (Wildman–Crippen MR) is 171 cm³/mol. The summed E-state index contributed by atoms with van der Waals surface area (Å²) >= 11 is 4.42. The molecule has 0 spiro atoms. The van der Waals surface area contributed by atoms with Crippen molar-refractivity contribution >= 4 is 45.0 Å². The number of nitrogens with zero attached hydrogens (tertiary/aromatic N) is 3. The molecule has 14 heteroatoms. The molecule has 0 amide bonds. The number of carbonyl (C=O) groups is 1. The highest BCUT2D eigenvalue weighted by molar-refractivity contribution is 9.10. The van der Waals surface area contributed by atoms with Gasteiger partial charge in [-0.2, -0.15) is 0 Å². The van der Waals surface area contributed by atoms with Crippen LogP contribution >= 0.6 is 27.3 Å². The van der Waals surface area contributed by atoms with E-state index in [4.69, 9.17) is 18.9 Å². The third kappa shape index (κ3) is 6.72. The standard InChI is InChI=1S/C32H27BrFN3O8S/c1-4-43-25-11-8-20(15-26(25)44-5-2)28-22(31(39)42-3)16-35-32-36(28)30(38)27(46-32)14-19-12-23(33)29(24(13-19)37(40)41)45-17-18-6-9-21(34)10-7-18/h6-16,28H,4-5,17H2,1-3H3/b27-14+/t28-/m1/s1. The van der Waals surface area contributed by atoms with Crippen LogP contribution in [-0.4, -0.2) is 35.8 Å². The number of benzene rings is 3. The molecule has 0 aliphatic carbocycles. The molecular weight excluding hydrogens is 685 g/mol. The van der Waals surface area contributed by atoms with Crippen LogP contribution in [0.5, 0.6) is 17.2 Å². The van der Waals surface area contributed by atoms with Gasteiger partial charge in [-0.1, -0.05) is 29.5 Å². The van der Waals surface area contributed by atoms with Gasteiger partial charge in [-0.3, -0.25) is 19.5 Å². The molecule has 0 bridgehead atoms. The summed E-state index contributed by atoms with van der Waals surface area (Å²) in [6.45, 7) is 4.43. The van der Waals surface area contributed by atoms with Crippen LogP contribution in [0.25, 0.3) is 6.08 Å². The summed E-state index contributed by atoms with van der Waals surface area (Å²) in [5.74, 6) is -0.125. The van der Waals surface area contributed by atoms with E-state index in [0.29, 0.717) is 46.2 Å². The molecule has 46 heavy (non-hydrogen) atoms. The van der Waals surface area contributed by atoms with Crippen LogP contribution in [0.2, 0.25) is 0 Å². The highest BCUT2D eigenvalue weighted by Gasteiger charge is 2.31. The van der Waals surface area contributed by atoms with Gasteiger partial charge in [0.2, 0.25) is 5.75 Å². The summed E-state index contributed by atoms with van der Waals surface area (Å²) in [4.78, 5) is 42.9. The van der Waals surface area contributed by atoms with Gasteiger partial charge in [0.15, 0.2) is 16.3 Å². The Balaban J connectivity index is 1.58. The number of thiazole rings is 1. The third-order valence-corrected chi connectivity index (χ3v) is 8.43. The molecule has 0 N–H and O–H groups in total. The van der Waals surface area contributed by atoms with E-state index >= 15 is 0 Å². The lowest BCUT2D eigenvalue weighted by molar-refractivity contribution is -0.386. The fourth-order valence-corrected chi connectivity index (χ4v) is 6.39. The van der Waals surface area contributed by atoms with Gasteiger partial charge in [-0.15, -0.1) is 0 Å². The first-order valence-electron chi connectivity index (χ1n) is 14.0. The van der Waals surface area contributed by atoms with Crippen molar-refractivity contribution in [3.63, 3.8) is 0 Å². The molecule has 5 rings (SSSR count). The molecule has 4 aromatic rings. The van der Waals surface area contributed by atoms with E-state index < -0.39 is 28.3 Å². The lowest BCUT2D eigenvalue weighted by Gasteiger charge is -2.23. The second-order valence-electron chi connectivity index (χ2n) is 9.77. The number of nitro groups is 1. The lowest BCUT2D eigenvalue weighted by atomic mass is 9.97. The number of halogens is 2. The quantitative estimate of drug-likeness (QED) is 0.118. The lowest BCUT2D eigenvalue weighted by Crippen LogP contribution is -2.39. The number of hydrogen-bond donors (Lipinski definition) is 0. The number of methoxy groups -OCH3 is 1. The van der Waals surface area contributed by atoms with Crippen molar-refractivity contribution in [2.45, 2.75) is 26.5 Å². The predicted octanol–water partition coefficient (Wildman–Crippen LogP) is 5.20. The highest BCUT2D eigenvalue weighted by atomic mass is 79.9. The number of carbonyl (C=O) groups excluding carboxylic acids is 1. The normalized spacial score (nSPS) is 14.2. The summed E-state index contributed by atoms with van der Waals surface area (Å²) in [6, 6.07) is 12.7. The Morgan fingerprint density at radius 3 is 2.48 bits per heavy atom. The molecule has 1 aromatic heterocycles. The molecule has 0 saturated heterocycles. The molecular formula is C32H27BrFN3O8S. The van der Waals surface area contributed by atoms with Gasteiger partial charge in [-0.05, 0) is 82.9 Å².